The summed E-state index contributed by atoms with van der Waals surface area (Å²) in [5.41, 5.74) is 5.44. The molecule has 3 saturated carbocycles. The number of hydrogen-bond donors (Lipinski definition) is 1. The predicted octanol–water partition coefficient (Wildman–Crippen LogP) is 5.84. The number of methoxy groups -OCH3 is 1. The Hall–Kier alpha value is -2.49. The molecule has 0 radical (unpaired) electrons. The summed E-state index contributed by atoms with van der Waals surface area (Å²) in [6.07, 6.45) is 8.77. The Morgan fingerprint density at radius 2 is 1.61 bits per heavy atom. The van der Waals surface area contributed by atoms with Crippen LogP contribution in [0.2, 0.25) is 0 Å². The largest absolute Gasteiger partial charge is 0.495 e. The number of carboxylic acids is 1. The number of benzene rings is 2. The van der Waals surface area contributed by atoms with Crippen molar-refractivity contribution >= 4 is 17.3 Å². The van der Waals surface area contributed by atoms with Crippen molar-refractivity contribution < 1.29 is 14.6 Å². The third-order valence-corrected chi connectivity index (χ3v) is 6.46. The highest BCUT2D eigenvalue weighted by atomic mass is 16.5. The molecule has 5 rings (SSSR count). The number of anilines is 2. The first-order valence-corrected chi connectivity index (χ1v) is 10.5. The van der Waals surface area contributed by atoms with Crippen LogP contribution in [0.25, 0.3) is 0 Å². The summed E-state index contributed by atoms with van der Waals surface area (Å²) in [6, 6.07) is 12.9. The second kappa shape index (κ2) is 6.84. The fraction of sp³-hybridized carbons (Fsp3) is 0.458. The Kier molecular flexibility index (Phi) is 4.30. The standard InChI is InChI=1S/C24H27NO3/c1-28-23-14-17(24(26)27)9-10-22(23)25(20-3-2-4-20)21-12-18(15-5-6-15)11-19(13-21)16-7-8-16/h9-16,20H,2-8H2,1H3,(H,26,27). The van der Waals surface area contributed by atoms with E-state index in [1.54, 1.807) is 19.2 Å². The van der Waals surface area contributed by atoms with Gasteiger partial charge in [0.1, 0.15) is 5.75 Å². The van der Waals surface area contributed by atoms with Gasteiger partial charge < -0.3 is 14.7 Å². The highest BCUT2D eigenvalue weighted by Crippen LogP contribution is 2.49. The van der Waals surface area contributed by atoms with E-state index in [9.17, 15) is 9.90 Å². The molecule has 3 fully saturated rings. The van der Waals surface area contributed by atoms with Gasteiger partial charge in [0.15, 0.2) is 0 Å². The molecule has 28 heavy (non-hydrogen) atoms. The molecule has 4 heteroatoms. The van der Waals surface area contributed by atoms with Gasteiger partial charge in [-0.15, -0.1) is 0 Å². The van der Waals surface area contributed by atoms with Gasteiger partial charge in [0.25, 0.3) is 0 Å². The Morgan fingerprint density at radius 1 is 0.964 bits per heavy atom. The molecule has 0 heterocycles. The van der Waals surface area contributed by atoms with Gasteiger partial charge >= 0.3 is 5.97 Å². The van der Waals surface area contributed by atoms with Gasteiger partial charge in [-0.05, 0) is 98.2 Å². The van der Waals surface area contributed by atoms with Crippen LogP contribution in [-0.4, -0.2) is 24.2 Å². The molecule has 1 N–H and O–H groups in total. The molecule has 0 unspecified atom stereocenters. The molecule has 4 nitrogen and oxygen atoms in total. The van der Waals surface area contributed by atoms with E-state index in [1.165, 1.54) is 48.9 Å². The molecule has 0 atom stereocenters. The van der Waals surface area contributed by atoms with Crippen LogP contribution in [-0.2, 0) is 0 Å². The molecule has 146 valence electrons. The van der Waals surface area contributed by atoms with Crippen LogP contribution in [0, 0.1) is 0 Å². The number of hydrogen-bond acceptors (Lipinski definition) is 3. The van der Waals surface area contributed by atoms with Crippen LogP contribution in [0.3, 0.4) is 0 Å². The fourth-order valence-electron chi connectivity index (χ4n) is 4.30. The maximum absolute atomic E-state index is 11.4. The number of aromatic carboxylic acids is 1. The average Bonchev–Trinajstić information content (AvgIpc) is 3.56. The highest BCUT2D eigenvalue weighted by molar-refractivity contribution is 5.89. The number of carbonyl (C=O) groups is 1. The van der Waals surface area contributed by atoms with Gasteiger partial charge in [-0.3, -0.25) is 0 Å². The molecule has 2 aromatic rings. The molecular weight excluding hydrogens is 350 g/mol. The normalized spacial score (nSPS) is 19.2. The third-order valence-electron chi connectivity index (χ3n) is 6.46. The van der Waals surface area contributed by atoms with Crippen LogP contribution in [0.15, 0.2) is 36.4 Å². The Balaban J connectivity index is 1.61. The lowest BCUT2D eigenvalue weighted by atomic mass is 9.89. The third kappa shape index (κ3) is 3.25. The van der Waals surface area contributed by atoms with Gasteiger partial charge in [-0.25, -0.2) is 4.79 Å². The lowest BCUT2D eigenvalue weighted by Crippen LogP contribution is -2.37. The summed E-state index contributed by atoms with van der Waals surface area (Å²) in [5, 5.41) is 9.36. The molecule has 0 aromatic heterocycles. The topological polar surface area (TPSA) is 49.8 Å². The van der Waals surface area contributed by atoms with E-state index in [2.05, 4.69) is 23.1 Å². The molecule has 0 spiro atoms. The van der Waals surface area contributed by atoms with E-state index < -0.39 is 5.97 Å². The summed E-state index contributed by atoms with van der Waals surface area (Å²) in [4.78, 5) is 13.8. The smallest absolute Gasteiger partial charge is 0.335 e. The summed E-state index contributed by atoms with van der Waals surface area (Å²) >= 11 is 0. The molecular formula is C24H27NO3. The van der Waals surface area contributed by atoms with Crippen LogP contribution in [0.5, 0.6) is 5.75 Å². The molecule has 0 amide bonds. The first-order valence-electron chi connectivity index (χ1n) is 10.5. The minimum absolute atomic E-state index is 0.263. The zero-order chi connectivity index (χ0) is 19.3. The van der Waals surface area contributed by atoms with E-state index in [4.69, 9.17) is 4.74 Å². The van der Waals surface area contributed by atoms with Crippen LogP contribution in [0.1, 0.15) is 78.3 Å². The zero-order valence-electron chi connectivity index (χ0n) is 16.4. The van der Waals surface area contributed by atoms with Crippen LogP contribution < -0.4 is 9.64 Å². The van der Waals surface area contributed by atoms with E-state index in [0.717, 1.165) is 30.4 Å². The molecule has 0 saturated heterocycles. The maximum atomic E-state index is 11.4. The number of ether oxygens (including phenoxy) is 1. The van der Waals surface area contributed by atoms with Crippen molar-refractivity contribution in [3.8, 4) is 5.75 Å². The number of rotatable bonds is 7. The van der Waals surface area contributed by atoms with E-state index in [0.29, 0.717) is 11.8 Å². The SMILES string of the molecule is COc1cc(C(=O)O)ccc1N(c1cc(C2CC2)cc(C2CC2)c1)C1CCC1. The first kappa shape index (κ1) is 17.6. The molecule has 3 aliphatic carbocycles. The summed E-state index contributed by atoms with van der Waals surface area (Å²) in [6.45, 7) is 0. The van der Waals surface area contributed by atoms with Gasteiger partial charge in [-0.2, -0.15) is 0 Å². The quantitative estimate of drug-likeness (QED) is 0.659. The van der Waals surface area contributed by atoms with Crippen molar-refractivity contribution in [2.24, 2.45) is 0 Å². The van der Waals surface area contributed by atoms with Crippen molar-refractivity contribution in [1.29, 1.82) is 0 Å². The van der Waals surface area contributed by atoms with Crippen molar-refractivity contribution in [2.75, 3.05) is 12.0 Å². The summed E-state index contributed by atoms with van der Waals surface area (Å²) < 4.78 is 5.63. The number of nitrogens with zero attached hydrogens (tertiary/aromatic N) is 1. The average molecular weight is 377 g/mol. The second-order valence-corrected chi connectivity index (χ2v) is 8.55. The number of carboxylic acid groups (broad SMARTS) is 1. The highest BCUT2D eigenvalue weighted by Gasteiger charge is 2.33. The maximum Gasteiger partial charge on any atom is 0.335 e. The van der Waals surface area contributed by atoms with Crippen molar-refractivity contribution in [3.63, 3.8) is 0 Å². The minimum atomic E-state index is -0.924. The monoisotopic (exact) mass is 377 g/mol. The van der Waals surface area contributed by atoms with E-state index >= 15 is 0 Å². The van der Waals surface area contributed by atoms with Gasteiger partial charge in [0.05, 0.1) is 18.4 Å². The van der Waals surface area contributed by atoms with Gasteiger partial charge in [-0.1, -0.05) is 6.07 Å². The Morgan fingerprint density at radius 3 is 2.07 bits per heavy atom. The van der Waals surface area contributed by atoms with Gasteiger partial charge in [0, 0.05) is 11.7 Å². The summed E-state index contributed by atoms with van der Waals surface area (Å²) in [5.74, 6) is 1.15. The first-order chi connectivity index (χ1) is 13.6. The van der Waals surface area contributed by atoms with E-state index in [-0.39, 0.29) is 5.56 Å². The molecule has 0 aliphatic heterocycles. The van der Waals surface area contributed by atoms with Crippen molar-refractivity contribution in [2.45, 2.75) is 62.8 Å². The van der Waals surface area contributed by atoms with Crippen molar-refractivity contribution in [3.05, 3.63) is 53.1 Å². The molecule has 0 bridgehead atoms. The van der Waals surface area contributed by atoms with E-state index in [1.807, 2.05) is 6.07 Å². The van der Waals surface area contributed by atoms with Gasteiger partial charge in [0.2, 0.25) is 0 Å². The van der Waals surface area contributed by atoms with Crippen LogP contribution >= 0.6 is 0 Å². The lowest BCUT2D eigenvalue weighted by molar-refractivity contribution is 0.0696. The summed E-state index contributed by atoms with van der Waals surface area (Å²) in [7, 11) is 1.62. The molecule has 2 aromatic carbocycles. The Bertz CT molecular complexity index is 880. The van der Waals surface area contributed by atoms with Crippen LogP contribution in [0.4, 0.5) is 11.4 Å². The second-order valence-electron chi connectivity index (χ2n) is 8.55. The predicted molar refractivity (Wildman–Crippen MR) is 110 cm³/mol. The fourth-order valence-corrected chi connectivity index (χ4v) is 4.30. The minimum Gasteiger partial charge on any atom is -0.495 e. The Labute approximate surface area is 166 Å². The zero-order valence-corrected chi connectivity index (χ0v) is 16.4. The lowest BCUT2D eigenvalue weighted by Gasteiger charge is -2.40. The molecule has 3 aliphatic rings. The van der Waals surface area contributed by atoms with Crippen molar-refractivity contribution in [1.82, 2.24) is 0 Å².